The molecule has 0 aliphatic carbocycles. The second-order valence-electron chi connectivity index (χ2n) is 6.78. The Balaban J connectivity index is 1.43. The van der Waals surface area contributed by atoms with E-state index < -0.39 is 0 Å². The number of thioether (sulfide) groups is 2. The van der Waals surface area contributed by atoms with E-state index in [1.807, 2.05) is 54.3 Å². The number of H-pyrrole nitrogens is 1. The van der Waals surface area contributed by atoms with Gasteiger partial charge in [0.25, 0.3) is 0 Å². The van der Waals surface area contributed by atoms with Crippen LogP contribution in [0.5, 0.6) is 0 Å². The Labute approximate surface area is 176 Å². The van der Waals surface area contributed by atoms with Crippen molar-refractivity contribution in [3.8, 4) is 0 Å². The molecule has 0 saturated carbocycles. The molecular formula is C21H19N5OS2. The molecule has 0 radical (unpaired) electrons. The SMILES string of the molecule is CCC(Sc1nnc2c(n1)[nH]c1ccccc12)C(=O)N1CCSc2ccccc21. The first-order valence-corrected chi connectivity index (χ1v) is 11.4. The van der Waals surface area contributed by atoms with Crippen molar-refractivity contribution in [2.75, 3.05) is 17.2 Å². The summed E-state index contributed by atoms with van der Waals surface area (Å²) in [5.41, 5.74) is 3.44. The Morgan fingerprint density at radius 1 is 1.21 bits per heavy atom. The van der Waals surface area contributed by atoms with Gasteiger partial charge in [-0.3, -0.25) is 4.79 Å². The first-order valence-electron chi connectivity index (χ1n) is 9.55. The lowest BCUT2D eigenvalue weighted by Gasteiger charge is -2.31. The summed E-state index contributed by atoms with van der Waals surface area (Å²) in [4.78, 5) is 24.3. The number of nitrogens with one attached hydrogen (secondary N) is 1. The highest BCUT2D eigenvalue weighted by Crippen LogP contribution is 2.36. The van der Waals surface area contributed by atoms with Gasteiger partial charge in [0.1, 0.15) is 5.52 Å². The fraction of sp³-hybridized carbons (Fsp3) is 0.238. The van der Waals surface area contributed by atoms with Gasteiger partial charge in [-0.15, -0.1) is 22.0 Å². The van der Waals surface area contributed by atoms with Gasteiger partial charge in [0.2, 0.25) is 11.1 Å². The summed E-state index contributed by atoms with van der Waals surface area (Å²) in [5.74, 6) is 1.01. The van der Waals surface area contributed by atoms with E-state index in [0.29, 0.717) is 17.2 Å². The number of benzene rings is 2. The molecular weight excluding hydrogens is 402 g/mol. The van der Waals surface area contributed by atoms with Gasteiger partial charge in [-0.2, -0.15) is 0 Å². The minimum Gasteiger partial charge on any atom is -0.338 e. The van der Waals surface area contributed by atoms with Crippen molar-refractivity contribution in [3.05, 3.63) is 48.5 Å². The average Bonchev–Trinajstić information content (AvgIpc) is 3.14. The number of carbonyl (C=O) groups is 1. The lowest BCUT2D eigenvalue weighted by molar-refractivity contribution is -0.118. The molecule has 1 aliphatic heterocycles. The van der Waals surface area contributed by atoms with Crippen molar-refractivity contribution in [1.82, 2.24) is 20.2 Å². The van der Waals surface area contributed by atoms with Crippen LogP contribution in [0, 0.1) is 0 Å². The van der Waals surface area contributed by atoms with E-state index in [4.69, 9.17) is 0 Å². The van der Waals surface area contributed by atoms with Gasteiger partial charge in [0, 0.05) is 28.1 Å². The number of carbonyl (C=O) groups excluding carboxylic acids is 1. The highest BCUT2D eigenvalue weighted by atomic mass is 32.2. The Bertz CT molecular complexity index is 1210. The first-order chi connectivity index (χ1) is 14.2. The van der Waals surface area contributed by atoms with Crippen LogP contribution in [-0.4, -0.2) is 43.6 Å². The molecule has 0 fully saturated rings. The molecule has 0 saturated heterocycles. The Morgan fingerprint density at radius 3 is 2.93 bits per heavy atom. The summed E-state index contributed by atoms with van der Waals surface area (Å²) in [6, 6.07) is 16.0. The third-order valence-corrected chi connectivity index (χ3v) is 7.24. The molecule has 1 unspecified atom stereocenters. The summed E-state index contributed by atoms with van der Waals surface area (Å²) in [5, 5.41) is 9.93. The zero-order chi connectivity index (χ0) is 19.8. The maximum atomic E-state index is 13.3. The van der Waals surface area contributed by atoms with Gasteiger partial charge in [0.15, 0.2) is 5.65 Å². The van der Waals surface area contributed by atoms with Gasteiger partial charge >= 0.3 is 0 Å². The van der Waals surface area contributed by atoms with E-state index in [1.165, 1.54) is 11.8 Å². The van der Waals surface area contributed by atoms with Crippen molar-refractivity contribution in [1.29, 1.82) is 0 Å². The summed E-state index contributed by atoms with van der Waals surface area (Å²) in [6.45, 7) is 2.74. The predicted molar refractivity (Wildman–Crippen MR) is 119 cm³/mol. The molecule has 29 heavy (non-hydrogen) atoms. The third-order valence-electron chi connectivity index (χ3n) is 4.99. The standard InChI is InChI=1S/C21H19N5OS2/c1-2-16(20(27)26-11-12-28-17-10-6-5-9-15(17)26)29-21-23-19-18(24-25-21)13-7-3-4-8-14(13)22-19/h3-10,16H,2,11-12H2,1H3,(H,22,23,25). The minimum atomic E-state index is -0.255. The molecule has 8 heteroatoms. The largest absolute Gasteiger partial charge is 0.338 e. The van der Waals surface area contributed by atoms with E-state index in [-0.39, 0.29) is 11.2 Å². The Kier molecular flexibility index (Phi) is 4.89. The molecule has 2 aromatic heterocycles. The minimum absolute atomic E-state index is 0.102. The van der Waals surface area contributed by atoms with Crippen molar-refractivity contribution >= 4 is 57.2 Å². The molecule has 1 amide bonds. The topological polar surface area (TPSA) is 74.8 Å². The van der Waals surface area contributed by atoms with Crippen LogP contribution in [0.1, 0.15) is 13.3 Å². The highest BCUT2D eigenvalue weighted by molar-refractivity contribution is 8.00. The van der Waals surface area contributed by atoms with Crippen molar-refractivity contribution < 1.29 is 4.79 Å². The lowest BCUT2D eigenvalue weighted by Crippen LogP contribution is -2.41. The smallest absolute Gasteiger partial charge is 0.240 e. The predicted octanol–water partition coefficient (Wildman–Crippen LogP) is 4.52. The number of hydrogen-bond acceptors (Lipinski definition) is 6. The van der Waals surface area contributed by atoms with Crippen LogP contribution < -0.4 is 4.90 Å². The summed E-state index contributed by atoms with van der Waals surface area (Å²) >= 11 is 3.18. The zero-order valence-electron chi connectivity index (χ0n) is 15.8. The lowest BCUT2D eigenvalue weighted by atomic mass is 10.2. The fourth-order valence-electron chi connectivity index (χ4n) is 3.56. The maximum Gasteiger partial charge on any atom is 0.240 e. The molecule has 1 N–H and O–H groups in total. The molecule has 6 nitrogen and oxygen atoms in total. The van der Waals surface area contributed by atoms with Crippen LogP contribution in [0.4, 0.5) is 5.69 Å². The van der Waals surface area contributed by atoms with Gasteiger partial charge < -0.3 is 9.88 Å². The number of anilines is 1. The first kappa shape index (κ1) is 18.4. The van der Waals surface area contributed by atoms with E-state index in [2.05, 4.69) is 26.2 Å². The van der Waals surface area contributed by atoms with Crippen molar-refractivity contribution in [3.63, 3.8) is 0 Å². The third kappa shape index (κ3) is 3.36. The molecule has 146 valence electrons. The quantitative estimate of drug-likeness (QED) is 0.489. The number of amides is 1. The van der Waals surface area contributed by atoms with Gasteiger partial charge in [0.05, 0.1) is 10.9 Å². The second-order valence-corrected chi connectivity index (χ2v) is 9.09. The van der Waals surface area contributed by atoms with E-state index >= 15 is 0 Å². The van der Waals surface area contributed by atoms with Gasteiger partial charge in [-0.1, -0.05) is 49.0 Å². The number of hydrogen-bond donors (Lipinski definition) is 1. The number of nitrogens with zero attached hydrogens (tertiary/aromatic N) is 4. The van der Waals surface area contributed by atoms with Crippen molar-refractivity contribution in [2.45, 2.75) is 28.6 Å². The van der Waals surface area contributed by atoms with E-state index in [0.717, 1.165) is 39.3 Å². The van der Waals surface area contributed by atoms with Crippen LogP contribution in [0.25, 0.3) is 22.1 Å². The normalized spacial score (nSPS) is 14.9. The van der Waals surface area contributed by atoms with Crippen LogP contribution >= 0.6 is 23.5 Å². The molecule has 0 spiro atoms. The molecule has 0 bridgehead atoms. The number of fused-ring (bicyclic) bond motifs is 4. The van der Waals surface area contributed by atoms with Crippen LogP contribution in [0.3, 0.4) is 0 Å². The summed E-state index contributed by atoms with van der Waals surface area (Å²) in [6.07, 6.45) is 0.698. The number of para-hydroxylation sites is 2. The van der Waals surface area contributed by atoms with Crippen LogP contribution in [0.2, 0.25) is 0 Å². The van der Waals surface area contributed by atoms with Crippen LogP contribution in [0.15, 0.2) is 58.6 Å². The Morgan fingerprint density at radius 2 is 2.03 bits per heavy atom. The molecule has 5 rings (SSSR count). The molecule has 1 aliphatic rings. The summed E-state index contributed by atoms with van der Waals surface area (Å²) < 4.78 is 0. The van der Waals surface area contributed by atoms with Crippen molar-refractivity contribution in [2.24, 2.45) is 0 Å². The fourth-order valence-corrected chi connectivity index (χ4v) is 5.44. The molecule has 4 aromatic rings. The average molecular weight is 422 g/mol. The Hall–Kier alpha value is -2.58. The monoisotopic (exact) mass is 421 g/mol. The molecule has 1 atom stereocenters. The van der Waals surface area contributed by atoms with E-state index in [1.54, 1.807) is 11.8 Å². The zero-order valence-corrected chi connectivity index (χ0v) is 17.5. The number of aromatic nitrogens is 4. The maximum absolute atomic E-state index is 13.3. The van der Waals surface area contributed by atoms with Crippen LogP contribution in [-0.2, 0) is 4.79 Å². The number of aromatic amines is 1. The second kappa shape index (κ2) is 7.68. The van der Waals surface area contributed by atoms with Gasteiger partial charge in [-0.25, -0.2) is 4.98 Å². The summed E-state index contributed by atoms with van der Waals surface area (Å²) in [7, 11) is 0. The highest BCUT2D eigenvalue weighted by Gasteiger charge is 2.29. The molecule has 3 heterocycles. The molecule has 2 aromatic carbocycles. The number of rotatable bonds is 4. The van der Waals surface area contributed by atoms with E-state index in [9.17, 15) is 4.79 Å². The van der Waals surface area contributed by atoms with Gasteiger partial charge in [-0.05, 0) is 24.6 Å².